The molecule has 100 valence electrons. The molecule has 1 N–H and O–H groups in total. The molecule has 0 aliphatic heterocycles. The number of rotatable bonds is 3. The first kappa shape index (κ1) is 14.5. The van der Waals surface area contributed by atoms with Gasteiger partial charge in [-0.25, -0.2) is 4.39 Å². The summed E-state index contributed by atoms with van der Waals surface area (Å²) in [5.41, 5.74) is 0.405. The summed E-state index contributed by atoms with van der Waals surface area (Å²) < 4.78 is 13.7. The molecule has 0 heterocycles. The molecule has 0 saturated carbocycles. The summed E-state index contributed by atoms with van der Waals surface area (Å²) >= 11 is 9.49. The first-order valence-corrected chi connectivity index (χ1v) is 6.98. The Labute approximate surface area is 125 Å². The molecule has 0 bridgehead atoms. The van der Waals surface area contributed by atoms with Crippen LogP contribution in [-0.4, -0.2) is 5.11 Å². The second kappa shape index (κ2) is 5.61. The monoisotopic (exact) mass is 342 g/mol. The van der Waals surface area contributed by atoms with Crippen LogP contribution < -0.4 is 0 Å². The van der Waals surface area contributed by atoms with Crippen molar-refractivity contribution in [1.82, 2.24) is 0 Å². The third kappa shape index (κ3) is 3.56. The van der Waals surface area contributed by atoms with Crippen molar-refractivity contribution in [3.05, 3.63) is 68.9 Å². The molecule has 1 unspecified atom stereocenters. The van der Waals surface area contributed by atoms with Crippen molar-refractivity contribution in [1.29, 1.82) is 0 Å². The van der Waals surface area contributed by atoms with Gasteiger partial charge in [0.1, 0.15) is 5.82 Å². The van der Waals surface area contributed by atoms with Gasteiger partial charge in [-0.3, -0.25) is 0 Å². The van der Waals surface area contributed by atoms with Gasteiger partial charge in [-0.1, -0.05) is 45.7 Å². The van der Waals surface area contributed by atoms with Gasteiger partial charge in [0.2, 0.25) is 0 Å². The van der Waals surface area contributed by atoms with Crippen LogP contribution in [0, 0.1) is 5.82 Å². The van der Waals surface area contributed by atoms with Crippen LogP contribution in [0.2, 0.25) is 5.02 Å². The van der Waals surface area contributed by atoms with Crippen LogP contribution in [0.1, 0.15) is 18.1 Å². The fourth-order valence-corrected chi connectivity index (χ4v) is 2.90. The lowest BCUT2D eigenvalue weighted by Gasteiger charge is -2.25. The molecule has 0 aliphatic rings. The third-order valence-electron chi connectivity index (χ3n) is 2.97. The van der Waals surface area contributed by atoms with Crippen LogP contribution in [0.4, 0.5) is 4.39 Å². The van der Waals surface area contributed by atoms with E-state index in [0.29, 0.717) is 17.0 Å². The van der Waals surface area contributed by atoms with E-state index in [1.807, 2.05) is 6.07 Å². The summed E-state index contributed by atoms with van der Waals surface area (Å²) in [5.74, 6) is -0.287. The topological polar surface area (TPSA) is 20.2 Å². The van der Waals surface area contributed by atoms with Crippen LogP contribution in [0.15, 0.2) is 46.9 Å². The van der Waals surface area contributed by atoms with Gasteiger partial charge in [0, 0.05) is 21.5 Å². The molecule has 19 heavy (non-hydrogen) atoms. The Morgan fingerprint density at radius 3 is 2.42 bits per heavy atom. The maximum absolute atomic E-state index is 12.9. The van der Waals surface area contributed by atoms with E-state index in [2.05, 4.69) is 15.9 Å². The van der Waals surface area contributed by atoms with Gasteiger partial charge in [0.15, 0.2) is 0 Å². The predicted molar refractivity (Wildman–Crippen MR) is 78.8 cm³/mol. The highest BCUT2D eigenvalue weighted by molar-refractivity contribution is 9.10. The first-order valence-electron chi connectivity index (χ1n) is 5.81. The van der Waals surface area contributed by atoms with Crippen molar-refractivity contribution in [2.24, 2.45) is 0 Å². The molecule has 1 atom stereocenters. The molecule has 1 nitrogen and oxygen atoms in total. The molecular formula is C15H13BrClFO. The Kier molecular flexibility index (Phi) is 4.29. The zero-order valence-electron chi connectivity index (χ0n) is 10.3. The molecular weight excluding hydrogens is 331 g/mol. The van der Waals surface area contributed by atoms with E-state index in [4.69, 9.17) is 11.6 Å². The maximum Gasteiger partial charge on any atom is 0.123 e. The summed E-state index contributed by atoms with van der Waals surface area (Å²) in [6.45, 7) is 1.70. The molecule has 0 spiro atoms. The minimum atomic E-state index is -1.10. The van der Waals surface area contributed by atoms with Crippen LogP contribution in [0.3, 0.4) is 0 Å². The van der Waals surface area contributed by atoms with Gasteiger partial charge in [-0.15, -0.1) is 0 Å². The van der Waals surface area contributed by atoms with Gasteiger partial charge in [0.05, 0.1) is 5.60 Å². The lowest BCUT2D eigenvalue weighted by atomic mass is 9.89. The highest BCUT2D eigenvalue weighted by Crippen LogP contribution is 2.32. The minimum absolute atomic E-state index is 0.287. The van der Waals surface area contributed by atoms with E-state index in [1.54, 1.807) is 31.2 Å². The van der Waals surface area contributed by atoms with Crippen molar-refractivity contribution >= 4 is 27.5 Å². The van der Waals surface area contributed by atoms with Gasteiger partial charge < -0.3 is 5.11 Å². The van der Waals surface area contributed by atoms with E-state index in [0.717, 1.165) is 10.0 Å². The third-order valence-corrected chi connectivity index (χ3v) is 3.78. The fraction of sp³-hybridized carbons (Fsp3) is 0.200. The molecule has 2 aromatic rings. The lowest BCUT2D eigenvalue weighted by Crippen LogP contribution is -2.24. The van der Waals surface area contributed by atoms with E-state index in [9.17, 15) is 9.50 Å². The van der Waals surface area contributed by atoms with E-state index in [1.165, 1.54) is 12.1 Å². The Balaban J connectivity index is 2.29. The smallest absolute Gasteiger partial charge is 0.123 e. The average molecular weight is 344 g/mol. The van der Waals surface area contributed by atoms with Gasteiger partial charge in [-0.05, 0) is 36.8 Å². The quantitative estimate of drug-likeness (QED) is 0.857. The second-order valence-corrected chi connectivity index (χ2v) is 6.02. The van der Waals surface area contributed by atoms with Crippen molar-refractivity contribution in [3.8, 4) is 0 Å². The van der Waals surface area contributed by atoms with Crippen molar-refractivity contribution < 1.29 is 9.50 Å². The summed E-state index contributed by atoms with van der Waals surface area (Å²) in [6, 6.07) is 11.5. The summed E-state index contributed by atoms with van der Waals surface area (Å²) in [4.78, 5) is 0. The fourth-order valence-electron chi connectivity index (χ4n) is 2.02. The number of aliphatic hydroxyl groups is 1. The van der Waals surface area contributed by atoms with Crippen molar-refractivity contribution in [3.63, 3.8) is 0 Å². The Morgan fingerprint density at radius 1 is 1.21 bits per heavy atom. The van der Waals surface area contributed by atoms with E-state index >= 15 is 0 Å². The molecule has 0 aliphatic carbocycles. The number of halogens is 3. The normalized spacial score (nSPS) is 14.2. The molecule has 0 fully saturated rings. The van der Waals surface area contributed by atoms with Crippen LogP contribution in [0.25, 0.3) is 0 Å². The number of hydrogen-bond acceptors (Lipinski definition) is 1. The summed E-state index contributed by atoms with van der Waals surface area (Å²) in [6.07, 6.45) is 0.370. The van der Waals surface area contributed by atoms with Crippen molar-refractivity contribution in [2.75, 3.05) is 0 Å². The molecule has 0 radical (unpaired) electrons. The zero-order chi connectivity index (χ0) is 14.0. The van der Waals surface area contributed by atoms with Crippen LogP contribution >= 0.6 is 27.5 Å². The SMILES string of the molecule is CC(O)(Cc1ccc(F)cc1)c1ccc(Br)cc1Cl. The molecule has 0 saturated heterocycles. The molecule has 0 aromatic heterocycles. The first-order chi connectivity index (χ1) is 8.88. The number of benzene rings is 2. The average Bonchev–Trinajstić information content (AvgIpc) is 2.31. The molecule has 0 amide bonds. The lowest BCUT2D eigenvalue weighted by molar-refractivity contribution is 0.0577. The van der Waals surface area contributed by atoms with Gasteiger partial charge in [-0.2, -0.15) is 0 Å². The molecule has 4 heteroatoms. The van der Waals surface area contributed by atoms with Gasteiger partial charge >= 0.3 is 0 Å². The molecule has 2 rings (SSSR count). The molecule has 2 aromatic carbocycles. The number of hydrogen-bond donors (Lipinski definition) is 1. The maximum atomic E-state index is 12.9. The van der Waals surface area contributed by atoms with Crippen LogP contribution in [0.5, 0.6) is 0 Å². The highest BCUT2D eigenvalue weighted by Gasteiger charge is 2.26. The van der Waals surface area contributed by atoms with E-state index in [-0.39, 0.29) is 5.82 Å². The Morgan fingerprint density at radius 2 is 1.84 bits per heavy atom. The second-order valence-electron chi connectivity index (χ2n) is 4.70. The summed E-state index contributed by atoms with van der Waals surface area (Å²) in [7, 11) is 0. The Bertz CT molecular complexity index is 581. The van der Waals surface area contributed by atoms with Crippen molar-refractivity contribution in [2.45, 2.75) is 18.9 Å². The predicted octanol–water partition coefficient (Wildman–Crippen LogP) is 4.69. The Hall–Kier alpha value is -0.900. The van der Waals surface area contributed by atoms with Gasteiger partial charge in [0.25, 0.3) is 0 Å². The van der Waals surface area contributed by atoms with E-state index < -0.39 is 5.60 Å². The zero-order valence-corrected chi connectivity index (χ0v) is 12.7. The largest absolute Gasteiger partial charge is 0.385 e. The highest BCUT2D eigenvalue weighted by atomic mass is 79.9. The standard InChI is InChI=1S/C15H13BrClFO/c1-15(19,9-10-2-5-12(18)6-3-10)13-7-4-11(16)8-14(13)17/h2-8,19H,9H2,1H3. The van der Waals surface area contributed by atoms with Crippen LogP contribution in [-0.2, 0) is 12.0 Å². The summed E-state index contributed by atoms with van der Waals surface area (Å²) in [5, 5.41) is 11.1. The minimum Gasteiger partial charge on any atom is -0.385 e.